The van der Waals surface area contributed by atoms with Gasteiger partial charge in [0.2, 0.25) is 0 Å². The van der Waals surface area contributed by atoms with Crippen LogP contribution in [0, 0.1) is 17.2 Å². The third-order valence-electron chi connectivity index (χ3n) is 4.89. The van der Waals surface area contributed by atoms with E-state index >= 15 is 0 Å². The van der Waals surface area contributed by atoms with Gasteiger partial charge in [-0.25, -0.2) is 0 Å². The van der Waals surface area contributed by atoms with Crippen molar-refractivity contribution < 1.29 is 0 Å². The first kappa shape index (κ1) is 12.9. The SMILES string of the molecule is CCC1CCCCC1(C#N)N1CCCCCC1. The predicted molar refractivity (Wildman–Crippen MR) is 70.6 cm³/mol. The summed E-state index contributed by atoms with van der Waals surface area (Å²) < 4.78 is 0. The van der Waals surface area contributed by atoms with E-state index in [1.165, 1.54) is 51.4 Å². The van der Waals surface area contributed by atoms with Crippen molar-refractivity contribution >= 4 is 0 Å². The molecular weight excluding hydrogens is 208 g/mol. The maximum absolute atomic E-state index is 9.80. The second kappa shape index (κ2) is 5.87. The largest absolute Gasteiger partial charge is 0.285 e. The molecule has 1 aliphatic carbocycles. The van der Waals surface area contributed by atoms with Gasteiger partial charge in [0.15, 0.2) is 0 Å². The van der Waals surface area contributed by atoms with Gasteiger partial charge in [-0.1, -0.05) is 39.0 Å². The van der Waals surface area contributed by atoms with Gasteiger partial charge in [0.1, 0.15) is 5.54 Å². The number of rotatable bonds is 2. The van der Waals surface area contributed by atoms with Gasteiger partial charge in [0.05, 0.1) is 6.07 Å². The maximum atomic E-state index is 9.80. The van der Waals surface area contributed by atoms with E-state index in [9.17, 15) is 5.26 Å². The first-order valence-electron chi connectivity index (χ1n) is 7.50. The molecule has 1 saturated heterocycles. The monoisotopic (exact) mass is 234 g/mol. The minimum atomic E-state index is -0.114. The average Bonchev–Trinajstić information content (AvgIpc) is 2.67. The molecule has 2 unspecified atom stereocenters. The van der Waals surface area contributed by atoms with Gasteiger partial charge >= 0.3 is 0 Å². The zero-order valence-electron chi connectivity index (χ0n) is 11.2. The van der Waals surface area contributed by atoms with Crippen LogP contribution in [-0.2, 0) is 0 Å². The van der Waals surface area contributed by atoms with Gasteiger partial charge in [0.25, 0.3) is 0 Å². The van der Waals surface area contributed by atoms with Crippen molar-refractivity contribution in [2.24, 2.45) is 5.92 Å². The Balaban J connectivity index is 2.18. The van der Waals surface area contributed by atoms with Crippen molar-refractivity contribution in [1.82, 2.24) is 4.90 Å². The van der Waals surface area contributed by atoms with E-state index in [1.54, 1.807) is 0 Å². The molecule has 2 atom stereocenters. The van der Waals surface area contributed by atoms with E-state index in [4.69, 9.17) is 0 Å². The van der Waals surface area contributed by atoms with Crippen LogP contribution in [0.4, 0.5) is 0 Å². The van der Waals surface area contributed by atoms with Crippen LogP contribution < -0.4 is 0 Å². The molecule has 1 aliphatic heterocycles. The number of nitrogens with zero attached hydrogens (tertiary/aromatic N) is 2. The van der Waals surface area contributed by atoms with Gasteiger partial charge < -0.3 is 0 Å². The third-order valence-corrected chi connectivity index (χ3v) is 4.89. The molecule has 2 aliphatic rings. The van der Waals surface area contributed by atoms with Crippen molar-refractivity contribution in [3.8, 4) is 6.07 Å². The van der Waals surface area contributed by atoms with Gasteiger partial charge in [-0.05, 0) is 44.7 Å². The lowest BCUT2D eigenvalue weighted by atomic mass is 9.71. The van der Waals surface area contributed by atoms with Crippen LogP contribution in [0.25, 0.3) is 0 Å². The van der Waals surface area contributed by atoms with Crippen molar-refractivity contribution in [1.29, 1.82) is 5.26 Å². The van der Waals surface area contributed by atoms with Crippen LogP contribution in [-0.4, -0.2) is 23.5 Å². The highest BCUT2D eigenvalue weighted by atomic mass is 15.2. The molecule has 0 N–H and O–H groups in total. The quantitative estimate of drug-likeness (QED) is 0.728. The summed E-state index contributed by atoms with van der Waals surface area (Å²) in [5, 5.41) is 9.80. The molecule has 2 rings (SSSR count). The molecule has 0 amide bonds. The molecule has 0 spiro atoms. The molecule has 1 saturated carbocycles. The zero-order valence-corrected chi connectivity index (χ0v) is 11.2. The molecule has 2 heteroatoms. The fraction of sp³-hybridized carbons (Fsp3) is 0.933. The Hall–Kier alpha value is -0.550. The number of hydrogen-bond donors (Lipinski definition) is 0. The second-order valence-electron chi connectivity index (χ2n) is 5.79. The Bertz CT molecular complexity index is 273. The number of nitriles is 1. The lowest BCUT2D eigenvalue weighted by Crippen LogP contribution is -2.54. The van der Waals surface area contributed by atoms with Gasteiger partial charge in [-0.3, -0.25) is 4.90 Å². The molecular formula is C15H26N2. The highest BCUT2D eigenvalue weighted by Gasteiger charge is 2.44. The van der Waals surface area contributed by atoms with Gasteiger partial charge in [-0.2, -0.15) is 5.26 Å². The van der Waals surface area contributed by atoms with E-state index in [2.05, 4.69) is 17.9 Å². The molecule has 0 aromatic carbocycles. The maximum Gasteiger partial charge on any atom is 0.112 e. The van der Waals surface area contributed by atoms with Gasteiger partial charge in [0, 0.05) is 0 Å². The lowest BCUT2D eigenvalue weighted by Gasteiger charge is -2.46. The number of hydrogen-bond acceptors (Lipinski definition) is 2. The molecule has 1 heterocycles. The van der Waals surface area contributed by atoms with E-state index in [-0.39, 0.29) is 5.54 Å². The third kappa shape index (κ3) is 2.50. The fourth-order valence-electron chi connectivity index (χ4n) is 3.87. The molecule has 0 aromatic heterocycles. The summed E-state index contributed by atoms with van der Waals surface area (Å²) in [4.78, 5) is 2.55. The van der Waals surface area contributed by atoms with Crippen molar-refractivity contribution in [3.63, 3.8) is 0 Å². The molecule has 0 radical (unpaired) electrons. The molecule has 0 bridgehead atoms. The summed E-state index contributed by atoms with van der Waals surface area (Å²) in [7, 11) is 0. The molecule has 96 valence electrons. The number of likely N-dealkylation sites (tertiary alicyclic amines) is 1. The van der Waals surface area contributed by atoms with Gasteiger partial charge in [-0.15, -0.1) is 0 Å². The van der Waals surface area contributed by atoms with E-state index in [0.717, 1.165) is 19.5 Å². The predicted octanol–water partition coefficient (Wildman–Crippen LogP) is 3.72. The summed E-state index contributed by atoms with van der Waals surface area (Å²) in [6, 6.07) is 2.74. The second-order valence-corrected chi connectivity index (χ2v) is 5.79. The summed E-state index contributed by atoms with van der Waals surface area (Å²) in [6.07, 6.45) is 11.4. The first-order chi connectivity index (χ1) is 8.33. The minimum absolute atomic E-state index is 0.114. The normalized spacial score (nSPS) is 36.1. The van der Waals surface area contributed by atoms with E-state index in [0.29, 0.717) is 5.92 Å². The Morgan fingerprint density at radius 3 is 2.41 bits per heavy atom. The Morgan fingerprint density at radius 1 is 1.12 bits per heavy atom. The first-order valence-corrected chi connectivity index (χ1v) is 7.50. The van der Waals surface area contributed by atoms with E-state index < -0.39 is 0 Å². The minimum Gasteiger partial charge on any atom is -0.285 e. The van der Waals surface area contributed by atoms with E-state index in [1.807, 2.05) is 0 Å². The van der Waals surface area contributed by atoms with Crippen molar-refractivity contribution in [2.75, 3.05) is 13.1 Å². The topological polar surface area (TPSA) is 27.0 Å². The smallest absolute Gasteiger partial charge is 0.112 e. The van der Waals surface area contributed by atoms with Crippen molar-refractivity contribution in [2.45, 2.75) is 70.3 Å². The molecule has 17 heavy (non-hydrogen) atoms. The highest BCUT2D eigenvalue weighted by Crippen LogP contribution is 2.40. The summed E-state index contributed by atoms with van der Waals surface area (Å²) in [6.45, 7) is 4.58. The fourth-order valence-corrected chi connectivity index (χ4v) is 3.87. The average molecular weight is 234 g/mol. The van der Waals surface area contributed by atoms with Crippen LogP contribution in [0.2, 0.25) is 0 Å². The van der Waals surface area contributed by atoms with Crippen LogP contribution in [0.5, 0.6) is 0 Å². The lowest BCUT2D eigenvalue weighted by molar-refractivity contribution is 0.0454. The van der Waals surface area contributed by atoms with Crippen LogP contribution in [0.1, 0.15) is 64.7 Å². The van der Waals surface area contributed by atoms with Crippen molar-refractivity contribution in [3.05, 3.63) is 0 Å². The van der Waals surface area contributed by atoms with Crippen LogP contribution in [0.15, 0.2) is 0 Å². The van der Waals surface area contributed by atoms with Crippen LogP contribution in [0.3, 0.4) is 0 Å². The Labute approximate surface area is 106 Å². The highest BCUT2D eigenvalue weighted by molar-refractivity contribution is 5.13. The summed E-state index contributed by atoms with van der Waals surface area (Å²) in [5.41, 5.74) is -0.114. The zero-order chi connectivity index (χ0) is 12.1. The van der Waals surface area contributed by atoms with Crippen LogP contribution >= 0.6 is 0 Å². The Morgan fingerprint density at radius 2 is 1.82 bits per heavy atom. The Kier molecular flexibility index (Phi) is 4.45. The summed E-state index contributed by atoms with van der Waals surface area (Å²) >= 11 is 0. The molecule has 2 nitrogen and oxygen atoms in total. The molecule has 0 aromatic rings. The molecule has 2 fully saturated rings. The standard InChI is InChI=1S/C15H26N2/c1-2-14-9-5-6-10-15(14,13-16)17-11-7-3-4-8-12-17/h14H,2-12H2,1H3. The summed E-state index contributed by atoms with van der Waals surface area (Å²) in [5.74, 6) is 0.611.